The third-order valence-electron chi connectivity index (χ3n) is 8.98. The molecule has 5 aliphatic heterocycles. The Bertz CT molecular complexity index is 2110. The Morgan fingerprint density at radius 1 is 0.978 bits per heavy atom. The lowest BCUT2D eigenvalue weighted by Gasteiger charge is -2.32. The quantitative estimate of drug-likeness (QED) is 0.513. The highest BCUT2D eigenvalue weighted by Crippen LogP contribution is 2.39. The second-order valence-electron chi connectivity index (χ2n) is 12.5. The molecule has 2 fully saturated rings. The number of aromatic amines is 1. The Morgan fingerprint density at radius 2 is 1.72 bits per heavy atom. The number of aromatic nitrogens is 3. The van der Waals surface area contributed by atoms with Gasteiger partial charge in [-0.3, -0.25) is 4.79 Å². The van der Waals surface area contributed by atoms with E-state index < -0.39 is 15.4 Å². The highest BCUT2D eigenvalue weighted by atomic mass is 32.2. The predicted octanol–water partition coefficient (Wildman–Crippen LogP) is 2.09. The van der Waals surface area contributed by atoms with E-state index in [1.54, 1.807) is 6.08 Å². The van der Waals surface area contributed by atoms with Crippen molar-refractivity contribution in [2.45, 2.75) is 43.7 Å². The highest BCUT2D eigenvalue weighted by Gasteiger charge is 2.40. The van der Waals surface area contributed by atoms with E-state index in [4.69, 9.17) is 9.73 Å². The van der Waals surface area contributed by atoms with Gasteiger partial charge in [0.2, 0.25) is 11.8 Å². The molecule has 0 radical (unpaired) electrons. The Balaban J connectivity index is 1.16. The molecule has 1 saturated heterocycles. The van der Waals surface area contributed by atoms with Crippen molar-refractivity contribution < 1.29 is 17.9 Å². The number of hydrogen-bond donors (Lipinski definition) is 2. The fourth-order valence-corrected chi connectivity index (χ4v) is 7.56. The van der Waals surface area contributed by atoms with Gasteiger partial charge in [0.05, 0.1) is 34.2 Å². The normalized spacial score (nSPS) is 24.1. The van der Waals surface area contributed by atoms with E-state index in [1.807, 2.05) is 65.6 Å². The number of nitrogens with one attached hydrogen (secondary N) is 2. The summed E-state index contributed by atoms with van der Waals surface area (Å²) in [5, 5.41) is 5.25. The largest absolute Gasteiger partial charge is 0.474 e. The molecule has 8 rings (SSSR count). The summed E-state index contributed by atoms with van der Waals surface area (Å²) in [5.74, 6) is 0.912. The molecular formula is C34H33N7O4S. The molecule has 46 heavy (non-hydrogen) atoms. The Kier molecular flexibility index (Phi) is 6.78. The third kappa shape index (κ3) is 5.57. The van der Waals surface area contributed by atoms with Crippen molar-refractivity contribution >= 4 is 39.3 Å². The Hall–Kier alpha value is -4.84. The highest BCUT2D eigenvalue weighted by molar-refractivity contribution is 7.94. The molecular weight excluding hydrogens is 602 g/mol. The minimum atomic E-state index is -3.70. The van der Waals surface area contributed by atoms with Crippen molar-refractivity contribution in [1.82, 2.24) is 25.2 Å². The first kappa shape index (κ1) is 28.6. The van der Waals surface area contributed by atoms with Gasteiger partial charge < -0.3 is 19.9 Å². The van der Waals surface area contributed by atoms with Crippen molar-refractivity contribution in [3.05, 3.63) is 99.4 Å². The van der Waals surface area contributed by atoms with Crippen molar-refractivity contribution in [2.24, 2.45) is 15.9 Å². The van der Waals surface area contributed by atoms with E-state index in [1.165, 1.54) is 12.6 Å². The summed E-state index contributed by atoms with van der Waals surface area (Å²) in [6, 6.07) is 5.72. The van der Waals surface area contributed by atoms with Crippen molar-refractivity contribution in [3.63, 3.8) is 0 Å². The average molecular weight is 636 g/mol. The minimum absolute atomic E-state index is 0.0716. The van der Waals surface area contributed by atoms with Gasteiger partial charge in [-0.2, -0.15) is 0 Å². The molecule has 1 atom stereocenters. The number of piperidine rings is 1. The minimum Gasteiger partial charge on any atom is -0.474 e. The van der Waals surface area contributed by atoms with Crippen LogP contribution in [0.4, 0.5) is 0 Å². The monoisotopic (exact) mass is 635 g/mol. The molecule has 11 nitrogen and oxygen atoms in total. The number of sulfone groups is 1. The number of carbonyl (C=O) groups excluding carboxylic acids is 1. The van der Waals surface area contributed by atoms with Gasteiger partial charge in [-0.15, -0.1) is 0 Å². The van der Waals surface area contributed by atoms with E-state index in [9.17, 15) is 13.2 Å². The summed E-state index contributed by atoms with van der Waals surface area (Å²) in [4.78, 5) is 36.5. The van der Waals surface area contributed by atoms with Crippen molar-refractivity contribution in [2.75, 3.05) is 19.3 Å². The lowest BCUT2D eigenvalue weighted by atomic mass is 9.91. The Labute approximate surface area is 266 Å². The van der Waals surface area contributed by atoms with Crippen LogP contribution in [0.1, 0.15) is 37.8 Å². The SMILES string of the molecule is CS(=O)(=O)C1=C2C=CC(=N2)C=c2ccc([nH]2)=CC2=NC(=CC3(c4cc(OC5CCN(C(=O)C6CC6)CC5)ncn4)CC=C1N3)C=C2. The Morgan fingerprint density at radius 3 is 2.46 bits per heavy atom. The lowest BCUT2D eigenvalue weighted by Crippen LogP contribution is -2.42. The first-order chi connectivity index (χ1) is 22.2. The number of likely N-dealkylation sites (tertiary alicyclic amines) is 1. The molecule has 12 heteroatoms. The standard InChI is InChI=1S/C34H33N7O4S/c1-46(43,44)32-28-9-8-25(39-28)17-23-5-4-22(37-23)16-24-6-7-26(38-24)19-34(13-10-29(32)40-34)30-18-31(36-20-35-30)45-27-11-14-41(15-12-27)33(42)21-2-3-21/h4-10,16-21,27,37,40H,2-3,11-15H2,1H3. The number of carbonyl (C=O) groups is 1. The topological polar surface area (TPSA) is 142 Å². The van der Waals surface area contributed by atoms with E-state index in [-0.39, 0.29) is 22.8 Å². The summed E-state index contributed by atoms with van der Waals surface area (Å²) in [6.45, 7) is 1.35. The summed E-state index contributed by atoms with van der Waals surface area (Å²) in [6.07, 6.45) is 21.6. The number of rotatable bonds is 5. The maximum Gasteiger partial charge on any atom is 0.225 e. The van der Waals surface area contributed by atoms with Gasteiger partial charge in [0.25, 0.3) is 0 Å². The lowest BCUT2D eigenvalue weighted by molar-refractivity contribution is -0.134. The van der Waals surface area contributed by atoms with Gasteiger partial charge in [-0.25, -0.2) is 28.4 Å². The molecule has 2 aromatic heterocycles. The molecule has 1 saturated carbocycles. The van der Waals surface area contributed by atoms with Crippen LogP contribution in [0.3, 0.4) is 0 Å². The predicted molar refractivity (Wildman–Crippen MR) is 175 cm³/mol. The third-order valence-corrected chi connectivity index (χ3v) is 10.1. The molecule has 1 amide bonds. The molecule has 2 N–H and O–H groups in total. The zero-order chi connectivity index (χ0) is 31.5. The van der Waals surface area contributed by atoms with Gasteiger partial charge >= 0.3 is 0 Å². The second-order valence-corrected chi connectivity index (χ2v) is 14.5. The van der Waals surface area contributed by atoms with Crippen LogP contribution in [-0.4, -0.2) is 71.0 Å². The van der Waals surface area contributed by atoms with E-state index in [0.29, 0.717) is 53.9 Å². The number of ether oxygens (including phenoxy) is 1. The van der Waals surface area contributed by atoms with Crippen LogP contribution < -0.4 is 20.8 Å². The number of H-pyrrole nitrogens is 1. The number of nitrogens with zero attached hydrogens (tertiary/aromatic N) is 5. The van der Waals surface area contributed by atoms with Crippen LogP contribution >= 0.6 is 0 Å². The van der Waals surface area contributed by atoms with Crippen LogP contribution in [0.5, 0.6) is 5.88 Å². The number of amides is 1. The molecule has 2 aromatic rings. The van der Waals surface area contributed by atoms with E-state index in [2.05, 4.69) is 25.3 Å². The first-order valence-electron chi connectivity index (χ1n) is 15.6. The number of hydrogen-bond acceptors (Lipinski definition) is 9. The summed E-state index contributed by atoms with van der Waals surface area (Å²) in [5.41, 5.74) is 2.62. The fourth-order valence-electron chi connectivity index (χ4n) is 6.53. The summed E-state index contributed by atoms with van der Waals surface area (Å²) >= 11 is 0. The average Bonchev–Trinajstić information content (AvgIpc) is 3.32. The van der Waals surface area contributed by atoms with Crippen LogP contribution in [-0.2, 0) is 20.2 Å². The number of aliphatic imine (C=N–C) groups is 2. The molecule has 0 aromatic carbocycles. The molecule has 0 spiro atoms. The molecule has 1 aliphatic carbocycles. The summed E-state index contributed by atoms with van der Waals surface area (Å²) in [7, 11) is -3.70. The maximum absolute atomic E-state index is 13.3. The number of allylic oxidation sites excluding steroid dienone is 4. The van der Waals surface area contributed by atoms with Gasteiger partial charge in [-0.05, 0) is 67.5 Å². The smallest absolute Gasteiger partial charge is 0.225 e. The molecule has 8 bridgehead atoms. The molecule has 7 heterocycles. The zero-order valence-corrected chi connectivity index (χ0v) is 26.1. The van der Waals surface area contributed by atoms with Crippen LogP contribution in [0.25, 0.3) is 12.2 Å². The fraction of sp³-hybridized carbons (Fsp3) is 0.324. The van der Waals surface area contributed by atoms with Crippen LogP contribution in [0, 0.1) is 5.92 Å². The van der Waals surface area contributed by atoms with Gasteiger partial charge in [-0.1, -0.05) is 6.08 Å². The van der Waals surface area contributed by atoms with Crippen LogP contribution in [0.15, 0.2) is 93.0 Å². The number of fused-ring (bicyclic) bond motifs is 6. The zero-order valence-electron chi connectivity index (χ0n) is 25.3. The van der Waals surface area contributed by atoms with E-state index >= 15 is 0 Å². The first-order valence-corrected chi connectivity index (χ1v) is 17.5. The van der Waals surface area contributed by atoms with Gasteiger partial charge in [0, 0.05) is 61.3 Å². The van der Waals surface area contributed by atoms with E-state index in [0.717, 1.165) is 42.1 Å². The summed E-state index contributed by atoms with van der Waals surface area (Å²) < 4.78 is 32.9. The maximum atomic E-state index is 13.3. The van der Waals surface area contributed by atoms with Gasteiger partial charge in [0.1, 0.15) is 22.9 Å². The van der Waals surface area contributed by atoms with Crippen molar-refractivity contribution in [3.8, 4) is 5.88 Å². The second kappa shape index (κ2) is 10.9. The molecule has 1 unspecified atom stereocenters. The molecule has 6 aliphatic rings. The van der Waals surface area contributed by atoms with Crippen molar-refractivity contribution in [1.29, 1.82) is 0 Å². The van der Waals surface area contributed by atoms with Gasteiger partial charge in [0.15, 0.2) is 9.84 Å². The molecule has 234 valence electrons. The van der Waals surface area contributed by atoms with Crippen LogP contribution in [0.2, 0.25) is 0 Å².